The summed E-state index contributed by atoms with van der Waals surface area (Å²) in [5, 5.41) is 3.83. The summed E-state index contributed by atoms with van der Waals surface area (Å²) in [6.07, 6.45) is 1.47. The highest BCUT2D eigenvalue weighted by atomic mass is 32.1. The van der Waals surface area contributed by atoms with Crippen LogP contribution >= 0.6 is 11.3 Å². The van der Waals surface area contributed by atoms with Gasteiger partial charge in [0.05, 0.1) is 16.8 Å². The molecule has 8 heteroatoms. The summed E-state index contributed by atoms with van der Waals surface area (Å²) >= 11 is 1.59. The first-order chi connectivity index (χ1) is 12.7. The van der Waals surface area contributed by atoms with Crippen molar-refractivity contribution in [2.75, 3.05) is 32.8 Å². The van der Waals surface area contributed by atoms with Crippen LogP contribution in [0.2, 0.25) is 0 Å². The summed E-state index contributed by atoms with van der Waals surface area (Å²) in [7, 11) is 0. The van der Waals surface area contributed by atoms with Crippen molar-refractivity contribution in [3.63, 3.8) is 0 Å². The summed E-state index contributed by atoms with van der Waals surface area (Å²) in [6, 6.07) is 7.85. The van der Waals surface area contributed by atoms with Crippen LogP contribution < -0.4 is 5.32 Å². The second-order valence-corrected chi connectivity index (χ2v) is 7.66. The quantitative estimate of drug-likeness (QED) is 0.889. The molecule has 3 amide bonds. The van der Waals surface area contributed by atoms with Gasteiger partial charge in [-0.25, -0.2) is 9.78 Å². The van der Waals surface area contributed by atoms with Gasteiger partial charge in [-0.3, -0.25) is 4.79 Å². The summed E-state index contributed by atoms with van der Waals surface area (Å²) in [4.78, 5) is 32.8. The molecular formula is C18H22N4O3S. The van der Waals surface area contributed by atoms with Crippen molar-refractivity contribution in [1.29, 1.82) is 0 Å². The maximum absolute atomic E-state index is 12.4. The lowest BCUT2D eigenvalue weighted by molar-refractivity contribution is -0.142. The first-order valence-corrected chi connectivity index (χ1v) is 9.80. The maximum Gasteiger partial charge on any atom is 0.317 e. The lowest BCUT2D eigenvalue weighted by atomic mass is 10.2. The standard InChI is InChI=1S/C18H22N4O3S/c23-17(14-5-3-11-25-14)21-7-9-22(10-8-21)18(24)19-12-16-20-13-4-1-2-6-15(13)26-16/h1-2,4,6,14H,3,5,7-12H2,(H,19,24). The number of para-hydroxylation sites is 1. The van der Waals surface area contributed by atoms with Gasteiger partial charge < -0.3 is 19.9 Å². The van der Waals surface area contributed by atoms with E-state index in [1.165, 1.54) is 0 Å². The Balaban J connectivity index is 1.26. The molecule has 2 fully saturated rings. The Bertz CT molecular complexity index is 762. The van der Waals surface area contributed by atoms with Gasteiger partial charge >= 0.3 is 6.03 Å². The number of benzene rings is 1. The number of hydrogen-bond donors (Lipinski definition) is 1. The van der Waals surface area contributed by atoms with Crippen molar-refractivity contribution >= 4 is 33.5 Å². The van der Waals surface area contributed by atoms with E-state index in [0.29, 0.717) is 39.3 Å². The molecule has 3 heterocycles. The number of ether oxygens (including phenoxy) is 1. The van der Waals surface area contributed by atoms with Crippen molar-refractivity contribution < 1.29 is 14.3 Å². The van der Waals surface area contributed by atoms with Crippen molar-refractivity contribution in [2.45, 2.75) is 25.5 Å². The number of carbonyl (C=O) groups excluding carboxylic acids is 2. The molecule has 1 N–H and O–H groups in total. The highest BCUT2D eigenvalue weighted by molar-refractivity contribution is 7.18. The molecule has 1 aromatic heterocycles. The molecule has 1 atom stereocenters. The smallest absolute Gasteiger partial charge is 0.317 e. The van der Waals surface area contributed by atoms with Gasteiger partial charge in [-0.05, 0) is 25.0 Å². The third-order valence-electron chi connectivity index (χ3n) is 4.81. The van der Waals surface area contributed by atoms with Crippen LogP contribution in [0.5, 0.6) is 0 Å². The van der Waals surface area contributed by atoms with Crippen LogP contribution in [0.1, 0.15) is 17.8 Å². The van der Waals surface area contributed by atoms with Gasteiger partial charge in [0.25, 0.3) is 5.91 Å². The molecule has 0 radical (unpaired) electrons. The Morgan fingerprint density at radius 3 is 2.69 bits per heavy atom. The highest BCUT2D eigenvalue weighted by Crippen LogP contribution is 2.21. The average molecular weight is 374 g/mol. The predicted molar refractivity (Wildman–Crippen MR) is 99.0 cm³/mol. The lowest BCUT2D eigenvalue weighted by Crippen LogP contribution is -2.54. The van der Waals surface area contributed by atoms with Gasteiger partial charge in [0.1, 0.15) is 11.1 Å². The van der Waals surface area contributed by atoms with Gasteiger partial charge in [-0.15, -0.1) is 11.3 Å². The van der Waals surface area contributed by atoms with Crippen molar-refractivity contribution in [2.24, 2.45) is 0 Å². The number of piperazine rings is 1. The van der Waals surface area contributed by atoms with E-state index in [0.717, 1.165) is 28.1 Å². The van der Waals surface area contributed by atoms with Gasteiger partial charge in [-0.1, -0.05) is 12.1 Å². The minimum absolute atomic E-state index is 0.0667. The number of nitrogens with zero attached hydrogens (tertiary/aromatic N) is 3. The predicted octanol–water partition coefficient (Wildman–Crippen LogP) is 1.83. The number of rotatable bonds is 3. The average Bonchev–Trinajstić information content (AvgIpc) is 3.35. The molecule has 2 saturated heterocycles. The second kappa shape index (κ2) is 7.59. The SMILES string of the molecule is O=C(NCc1nc2ccccc2s1)N1CCN(C(=O)C2CCCO2)CC1. The summed E-state index contributed by atoms with van der Waals surface area (Å²) in [6.45, 7) is 3.31. The first-order valence-electron chi connectivity index (χ1n) is 8.98. The fourth-order valence-corrected chi connectivity index (χ4v) is 4.27. The second-order valence-electron chi connectivity index (χ2n) is 6.55. The monoisotopic (exact) mass is 374 g/mol. The van der Waals surface area contributed by atoms with Crippen LogP contribution in [0.15, 0.2) is 24.3 Å². The minimum atomic E-state index is -0.283. The zero-order valence-corrected chi connectivity index (χ0v) is 15.3. The molecule has 2 aliphatic rings. The molecule has 138 valence electrons. The zero-order valence-electron chi connectivity index (χ0n) is 14.5. The Hall–Kier alpha value is -2.19. The largest absolute Gasteiger partial charge is 0.368 e. The Kier molecular flexibility index (Phi) is 5.03. The van der Waals surface area contributed by atoms with Crippen LogP contribution in [0.3, 0.4) is 0 Å². The molecule has 0 saturated carbocycles. The van der Waals surface area contributed by atoms with Gasteiger partial charge in [-0.2, -0.15) is 0 Å². The molecule has 1 unspecified atom stereocenters. The molecule has 26 heavy (non-hydrogen) atoms. The van der Waals surface area contributed by atoms with Crippen molar-refractivity contribution in [3.8, 4) is 0 Å². The number of nitrogens with one attached hydrogen (secondary N) is 1. The minimum Gasteiger partial charge on any atom is -0.368 e. The number of urea groups is 1. The van der Waals surface area contributed by atoms with Gasteiger partial charge in [0.2, 0.25) is 0 Å². The number of amides is 3. The molecule has 2 aliphatic heterocycles. The van der Waals surface area contributed by atoms with E-state index in [4.69, 9.17) is 4.74 Å². The number of fused-ring (bicyclic) bond motifs is 1. The zero-order chi connectivity index (χ0) is 17.9. The van der Waals surface area contributed by atoms with Gasteiger partial charge in [0, 0.05) is 32.8 Å². The third kappa shape index (κ3) is 3.66. The van der Waals surface area contributed by atoms with Crippen molar-refractivity contribution in [3.05, 3.63) is 29.3 Å². The first kappa shape index (κ1) is 17.2. The number of aromatic nitrogens is 1. The van der Waals surface area contributed by atoms with E-state index >= 15 is 0 Å². The highest BCUT2D eigenvalue weighted by Gasteiger charge is 2.31. The van der Waals surface area contributed by atoms with E-state index in [1.54, 1.807) is 16.2 Å². The molecule has 0 spiro atoms. The van der Waals surface area contributed by atoms with E-state index in [1.807, 2.05) is 29.2 Å². The number of carbonyl (C=O) groups is 2. The Morgan fingerprint density at radius 1 is 1.19 bits per heavy atom. The molecule has 0 aliphatic carbocycles. The molecule has 2 aromatic rings. The number of hydrogen-bond acceptors (Lipinski definition) is 5. The Morgan fingerprint density at radius 2 is 1.96 bits per heavy atom. The molecule has 7 nitrogen and oxygen atoms in total. The van der Waals surface area contributed by atoms with Crippen LogP contribution in [0, 0.1) is 0 Å². The summed E-state index contributed by atoms with van der Waals surface area (Å²) in [5.74, 6) is 0.0667. The summed E-state index contributed by atoms with van der Waals surface area (Å²) < 4.78 is 6.59. The fraction of sp³-hybridized carbons (Fsp3) is 0.500. The van der Waals surface area contributed by atoms with Crippen molar-refractivity contribution in [1.82, 2.24) is 20.1 Å². The molecular weight excluding hydrogens is 352 g/mol. The topological polar surface area (TPSA) is 74.8 Å². The van der Waals surface area contributed by atoms with Crippen LogP contribution in [-0.2, 0) is 16.1 Å². The molecule has 0 bridgehead atoms. The third-order valence-corrected chi connectivity index (χ3v) is 5.85. The maximum atomic E-state index is 12.4. The van der Waals surface area contributed by atoms with E-state index in [-0.39, 0.29) is 18.0 Å². The molecule has 4 rings (SSSR count). The van der Waals surface area contributed by atoms with Gasteiger partial charge in [0.15, 0.2) is 0 Å². The summed E-state index contributed by atoms with van der Waals surface area (Å²) in [5.41, 5.74) is 0.961. The number of thiazole rings is 1. The van der Waals surface area contributed by atoms with E-state index < -0.39 is 0 Å². The van der Waals surface area contributed by atoms with Crippen LogP contribution in [-0.4, -0.2) is 65.6 Å². The van der Waals surface area contributed by atoms with E-state index in [2.05, 4.69) is 10.3 Å². The lowest BCUT2D eigenvalue weighted by Gasteiger charge is -2.35. The normalized spacial score (nSPS) is 20.5. The van der Waals surface area contributed by atoms with E-state index in [9.17, 15) is 9.59 Å². The fourth-order valence-electron chi connectivity index (χ4n) is 3.36. The Labute approximate surface area is 155 Å². The van der Waals surface area contributed by atoms with Crippen LogP contribution in [0.25, 0.3) is 10.2 Å². The van der Waals surface area contributed by atoms with Crippen LogP contribution in [0.4, 0.5) is 4.79 Å². The molecule has 1 aromatic carbocycles.